The Bertz CT molecular complexity index is 113. The minimum Gasteiger partial charge on any atom is -0.372 e. The molecule has 11 heavy (non-hydrogen) atoms. The molecule has 0 rings (SSSR count). The summed E-state index contributed by atoms with van der Waals surface area (Å²) >= 11 is 0. The molecule has 0 aromatic heterocycles. The lowest BCUT2D eigenvalue weighted by atomic mass is 10.4. The minimum absolute atomic E-state index is 0.459. The van der Waals surface area contributed by atoms with Gasteiger partial charge in [0.05, 0.1) is 6.10 Å². The van der Waals surface area contributed by atoms with Crippen molar-refractivity contribution in [1.82, 2.24) is 0 Å². The molecule has 0 amide bonds. The van der Waals surface area contributed by atoms with Gasteiger partial charge < -0.3 is 4.74 Å². The van der Waals surface area contributed by atoms with E-state index in [2.05, 4.69) is 4.74 Å². The molecule has 0 aromatic rings. The van der Waals surface area contributed by atoms with Crippen molar-refractivity contribution in [2.45, 2.75) is 32.3 Å². The summed E-state index contributed by atoms with van der Waals surface area (Å²) in [5, 5.41) is 0. The van der Waals surface area contributed by atoms with E-state index in [1.54, 1.807) is 0 Å². The highest BCUT2D eigenvalue weighted by atomic mass is 19.3. The van der Waals surface area contributed by atoms with Gasteiger partial charge in [-0.25, -0.2) is 8.78 Å². The molecule has 0 atom stereocenters. The minimum atomic E-state index is -4.02. The lowest BCUT2D eigenvalue weighted by Crippen LogP contribution is -2.33. The van der Waals surface area contributed by atoms with Crippen LogP contribution >= 0.6 is 0 Å². The molecule has 0 aliphatic rings. The maximum Gasteiger partial charge on any atom is 0.330 e. The summed E-state index contributed by atoms with van der Waals surface area (Å²) in [5.41, 5.74) is 0. The molecule has 0 spiro atoms. The molecule has 0 bridgehead atoms. The zero-order valence-electron chi connectivity index (χ0n) is 6.28. The molecule has 0 saturated carbocycles. The highest BCUT2D eigenvalue weighted by Crippen LogP contribution is 2.23. The predicted molar refractivity (Wildman–Crippen MR) is 32.0 cm³/mol. The first-order valence-corrected chi connectivity index (χ1v) is 3.14. The first-order valence-electron chi connectivity index (χ1n) is 3.14. The summed E-state index contributed by atoms with van der Waals surface area (Å²) in [6, 6.07) is 0. The average molecular weight is 174 g/mol. The summed E-state index contributed by atoms with van der Waals surface area (Å²) in [6.07, 6.45) is -4.11. The lowest BCUT2D eigenvalue weighted by molar-refractivity contribution is -0.172. The molecule has 0 saturated heterocycles. The van der Waals surface area contributed by atoms with Crippen molar-refractivity contribution < 1.29 is 22.3 Å². The second-order valence-corrected chi connectivity index (χ2v) is 2.42. The van der Waals surface area contributed by atoms with E-state index >= 15 is 0 Å². The monoisotopic (exact) mass is 174 g/mol. The Hall–Kier alpha value is -0.320. The quantitative estimate of drug-likeness (QED) is 0.594. The van der Waals surface area contributed by atoms with Crippen molar-refractivity contribution in [3.8, 4) is 0 Å². The largest absolute Gasteiger partial charge is 0.372 e. The molecule has 0 aromatic carbocycles. The van der Waals surface area contributed by atoms with Crippen molar-refractivity contribution in [3.05, 3.63) is 0 Å². The Kier molecular flexibility index (Phi) is 3.78. The van der Waals surface area contributed by atoms with Crippen LogP contribution in [-0.4, -0.2) is 25.1 Å². The van der Waals surface area contributed by atoms with E-state index in [0.29, 0.717) is 0 Å². The van der Waals surface area contributed by atoms with Crippen molar-refractivity contribution in [2.24, 2.45) is 0 Å². The van der Waals surface area contributed by atoms with Gasteiger partial charge in [-0.05, 0) is 13.8 Å². The fourth-order valence-corrected chi connectivity index (χ4v) is 0.341. The third-order valence-electron chi connectivity index (χ3n) is 0.928. The van der Waals surface area contributed by atoms with Gasteiger partial charge in [0.2, 0.25) is 0 Å². The highest BCUT2D eigenvalue weighted by molar-refractivity contribution is 4.67. The van der Waals surface area contributed by atoms with E-state index in [4.69, 9.17) is 0 Å². The van der Waals surface area contributed by atoms with Crippen molar-refractivity contribution in [1.29, 1.82) is 0 Å². The molecule has 0 aliphatic carbocycles. The van der Waals surface area contributed by atoms with Crippen LogP contribution in [0.1, 0.15) is 13.8 Å². The van der Waals surface area contributed by atoms with E-state index in [0.717, 1.165) is 0 Å². The first-order chi connectivity index (χ1) is 4.86. The van der Waals surface area contributed by atoms with Gasteiger partial charge in [0, 0.05) is 0 Å². The van der Waals surface area contributed by atoms with Gasteiger partial charge in [-0.2, -0.15) is 8.78 Å². The third kappa shape index (κ3) is 4.19. The molecule has 0 heterocycles. The Labute approximate surface area is 62.3 Å². The van der Waals surface area contributed by atoms with Crippen LogP contribution in [0.25, 0.3) is 0 Å². The first kappa shape index (κ1) is 10.7. The Balaban J connectivity index is 3.73. The molecule has 0 unspecified atom stereocenters. The van der Waals surface area contributed by atoms with Crippen LogP contribution in [0.4, 0.5) is 17.6 Å². The topological polar surface area (TPSA) is 9.23 Å². The summed E-state index contributed by atoms with van der Waals surface area (Å²) in [7, 11) is 0. The number of ether oxygens (including phenoxy) is 1. The van der Waals surface area contributed by atoms with Crippen LogP contribution in [0.3, 0.4) is 0 Å². The summed E-state index contributed by atoms with van der Waals surface area (Å²) in [6.45, 7) is 1.78. The SMILES string of the molecule is CC(C)OCC(F)(F)C(F)F. The second-order valence-electron chi connectivity index (χ2n) is 2.42. The molecule has 1 nitrogen and oxygen atoms in total. The normalized spacial score (nSPS) is 13.1. The Morgan fingerprint density at radius 2 is 1.73 bits per heavy atom. The summed E-state index contributed by atoms with van der Waals surface area (Å²) < 4.78 is 51.3. The van der Waals surface area contributed by atoms with Crippen molar-refractivity contribution >= 4 is 0 Å². The molecule has 0 N–H and O–H groups in total. The zero-order valence-corrected chi connectivity index (χ0v) is 6.28. The zero-order chi connectivity index (χ0) is 9.07. The number of halogens is 4. The Morgan fingerprint density at radius 3 is 2.00 bits per heavy atom. The van der Waals surface area contributed by atoms with Crippen LogP contribution in [0, 0.1) is 0 Å². The molecule has 0 radical (unpaired) electrons. The van der Waals surface area contributed by atoms with E-state index < -0.39 is 25.1 Å². The van der Waals surface area contributed by atoms with E-state index in [-0.39, 0.29) is 0 Å². The van der Waals surface area contributed by atoms with E-state index in [9.17, 15) is 17.6 Å². The number of rotatable bonds is 4. The van der Waals surface area contributed by atoms with Crippen LogP contribution in [0.5, 0.6) is 0 Å². The fraction of sp³-hybridized carbons (Fsp3) is 1.00. The summed E-state index contributed by atoms with van der Waals surface area (Å²) in [4.78, 5) is 0. The van der Waals surface area contributed by atoms with Gasteiger partial charge in [-0.15, -0.1) is 0 Å². The maximum atomic E-state index is 12.0. The van der Waals surface area contributed by atoms with Gasteiger partial charge in [0.25, 0.3) is 0 Å². The Morgan fingerprint density at radius 1 is 1.27 bits per heavy atom. The van der Waals surface area contributed by atoms with Crippen LogP contribution in [0.2, 0.25) is 0 Å². The molecular formula is C6H10F4O. The number of hydrogen-bond donors (Lipinski definition) is 0. The van der Waals surface area contributed by atoms with Crippen molar-refractivity contribution in [2.75, 3.05) is 6.61 Å². The van der Waals surface area contributed by atoms with Crippen LogP contribution in [-0.2, 0) is 4.74 Å². The third-order valence-corrected chi connectivity index (χ3v) is 0.928. The molecule has 5 heteroatoms. The highest BCUT2D eigenvalue weighted by Gasteiger charge is 2.41. The van der Waals surface area contributed by atoms with Gasteiger partial charge in [0.1, 0.15) is 6.61 Å². The molecule has 0 aliphatic heterocycles. The van der Waals surface area contributed by atoms with Crippen molar-refractivity contribution in [3.63, 3.8) is 0 Å². The molecule has 0 fully saturated rings. The average Bonchev–Trinajstić information content (AvgIpc) is 1.84. The standard InChI is InChI=1S/C6H10F4O/c1-4(2)11-3-6(9,10)5(7)8/h4-5H,3H2,1-2H3. The summed E-state index contributed by atoms with van der Waals surface area (Å²) in [5.74, 6) is -4.02. The van der Waals surface area contributed by atoms with Gasteiger partial charge in [0.15, 0.2) is 0 Å². The van der Waals surface area contributed by atoms with E-state index in [1.807, 2.05) is 0 Å². The number of hydrogen-bond acceptors (Lipinski definition) is 1. The van der Waals surface area contributed by atoms with Crippen LogP contribution < -0.4 is 0 Å². The fourth-order valence-electron chi connectivity index (χ4n) is 0.341. The maximum absolute atomic E-state index is 12.0. The molecule has 68 valence electrons. The predicted octanol–water partition coefficient (Wildman–Crippen LogP) is 2.31. The smallest absolute Gasteiger partial charge is 0.330 e. The van der Waals surface area contributed by atoms with E-state index in [1.165, 1.54) is 13.8 Å². The lowest BCUT2D eigenvalue weighted by Gasteiger charge is -2.16. The molecular weight excluding hydrogens is 164 g/mol. The second kappa shape index (κ2) is 3.90. The van der Waals surface area contributed by atoms with Gasteiger partial charge in [-0.3, -0.25) is 0 Å². The van der Waals surface area contributed by atoms with Crippen LogP contribution in [0.15, 0.2) is 0 Å². The van der Waals surface area contributed by atoms with Gasteiger partial charge in [-0.1, -0.05) is 0 Å². The number of alkyl halides is 4. The van der Waals surface area contributed by atoms with Gasteiger partial charge >= 0.3 is 12.3 Å².